The van der Waals surface area contributed by atoms with Crippen molar-refractivity contribution < 1.29 is 23.2 Å². The molecule has 0 aromatic heterocycles. The molecular weight excluding hydrogens is 720 g/mol. The fourth-order valence-corrected chi connectivity index (χ4v) is 10.4. The SMILES string of the molecule is CCCc1cc(Cl)ccc1C1COc2ccc(C=O)cc2N(CC2CCC2C(/C=C/CC(C)C(CCOC)S(=O)NC)CN2CCN(C3COC3)CC2)C1. The summed E-state index contributed by atoms with van der Waals surface area (Å²) in [6.45, 7) is 14.5. The number of carbonyl (C=O) groups is 1. The number of ether oxygens (including phenoxy) is 3. The summed E-state index contributed by atoms with van der Waals surface area (Å²) in [5.41, 5.74) is 4.31. The zero-order chi connectivity index (χ0) is 38.0. The molecule has 3 heterocycles. The van der Waals surface area contributed by atoms with Crippen LogP contribution in [0.3, 0.4) is 0 Å². The van der Waals surface area contributed by atoms with E-state index in [1.165, 1.54) is 24.0 Å². The van der Waals surface area contributed by atoms with E-state index in [2.05, 4.69) is 57.6 Å². The van der Waals surface area contributed by atoms with Gasteiger partial charge in [-0.25, -0.2) is 8.93 Å². The van der Waals surface area contributed by atoms with Gasteiger partial charge < -0.3 is 24.0 Å². The first-order valence-electron chi connectivity index (χ1n) is 20.3. The molecule has 3 fully saturated rings. The van der Waals surface area contributed by atoms with E-state index >= 15 is 0 Å². The fourth-order valence-electron chi connectivity index (χ4n) is 9.06. The Balaban J connectivity index is 1.22. The lowest BCUT2D eigenvalue weighted by atomic mass is 9.66. The number of hydrogen-bond acceptors (Lipinski definition) is 8. The van der Waals surface area contributed by atoms with Crippen LogP contribution in [-0.2, 0) is 26.9 Å². The highest BCUT2D eigenvalue weighted by Gasteiger charge is 2.40. The molecule has 7 unspecified atom stereocenters. The zero-order valence-electron chi connectivity index (χ0n) is 32.9. The van der Waals surface area contributed by atoms with Crippen LogP contribution in [0, 0.1) is 23.7 Å². The van der Waals surface area contributed by atoms with E-state index < -0.39 is 11.0 Å². The van der Waals surface area contributed by atoms with E-state index in [1.807, 2.05) is 24.3 Å². The second-order valence-electron chi connectivity index (χ2n) is 16.0. The van der Waals surface area contributed by atoms with Gasteiger partial charge in [-0.2, -0.15) is 0 Å². The van der Waals surface area contributed by atoms with Crippen molar-refractivity contribution in [3.05, 3.63) is 70.3 Å². The van der Waals surface area contributed by atoms with Crippen LogP contribution >= 0.6 is 11.6 Å². The molecule has 0 bridgehead atoms. The maximum atomic E-state index is 12.9. The third kappa shape index (κ3) is 10.3. The molecule has 298 valence electrons. The second kappa shape index (κ2) is 20.2. The molecule has 4 aliphatic rings. The number of nitrogens with one attached hydrogen (secondary N) is 1. The topological polar surface area (TPSA) is 83.6 Å². The molecule has 0 spiro atoms. The zero-order valence-corrected chi connectivity index (χ0v) is 34.5. The van der Waals surface area contributed by atoms with Gasteiger partial charge in [-0.3, -0.25) is 9.69 Å². The maximum absolute atomic E-state index is 12.9. The van der Waals surface area contributed by atoms with Gasteiger partial charge in [-0.1, -0.05) is 50.1 Å². The Morgan fingerprint density at radius 1 is 1.09 bits per heavy atom. The second-order valence-corrected chi connectivity index (χ2v) is 18.1. The molecule has 2 aromatic carbocycles. The van der Waals surface area contributed by atoms with E-state index in [4.69, 9.17) is 25.8 Å². The number of nitrogens with zero attached hydrogens (tertiary/aromatic N) is 3. The van der Waals surface area contributed by atoms with Crippen LogP contribution in [0.2, 0.25) is 5.02 Å². The summed E-state index contributed by atoms with van der Waals surface area (Å²) in [4.78, 5) is 19.8. The van der Waals surface area contributed by atoms with Crippen molar-refractivity contribution in [1.29, 1.82) is 0 Å². The number of halogens is 1. The Kier molecular flexibility index (Phi) is 15.5. The van der Waals surface area contributed by atoms with Crippen molar-refractivity contribution in [2.75, 3.05) is 91.3 Å². The lowest BCUT2D eigenvalue weighted by molar-refractivity contribution is -0.0782. The summed E-state index contributed by atoms with van der Waals surface area (Å²) < 4.78 is 33.3. The molecule has 1 saturated carbocycles. The number of benzene rings is 2. The van der Waals surface area contributed by atoms with Crippen LogP contribution in [0.1, 0.15) is 73.4 Å². The molecule has 54 heavy (non-hydrogen) atoms. The minimum absolute atomic E-state index is 0.0334. The predicted octanol–water partition coefficient (Wildman–Crippen LogP) is 6.62. The highest BCUT2D eigenvalue weighted by atomic mass is 35.5. The van der Waals surface area contributed by atoms with E-state index in [-0.39, 0.29) is 17.1 Å². The van der Waals surface area contributed by atoms with Gasteiger partial charge in [0, 0.05) is 76.0 Å². The molecule has 1 aliphatic carbocycles. The number of methoxy groups -OCH3 is 1. The largest absolute Gasteiger partial charge is 0.491 e. The molecule has 0 amide bonds. The first-order chi connectivity index (χ1) is 26.3. The molecule has 3 aliphatic heterocycles. The third-order valence-electron chi connectivity index (χ3n) is 12.5. The molecule has 9 nitrogen and oxygen atoms in total. The first-order valence-corrected chi connectivity index (χ1v) is 21.9. The summed E-state index contributed by atoms with van der Waals surface area (Å²) >= 11 is 6.50. The van der Waals surface area contributed by atoms with Crippen LogP contribution < -0.4 is 14.4 Å². The molecule has 7 atom stereocenters. The predicted molar refractivity (Wildman–Crippen MR) is 220 cm³/mol. The maximum Gasteiger partial charge on any atom is 0.150 e. The van der Waals surface area contributed by atoms with E-state index in [9.17, 15) is 9.00 Å². The van der Waals surface area contributed by atoms with Crippen molar-refractivity contribution in [1.82, 2.24) is 14.5 Å². The lowest BCUT2D eigenvalue weighted by Crippen LogP contribution is -2.57. The van der Waals surface area contributed by atoms with Crippen molar-refractivity contribution in [2.45, 2.75) is 69.6 Å². The molecule has 1 N–H and O–H groups in total. The highest BCUT2D eigenvalue weighted by molar-refractivity contribution is 7.83. The van der Waals surface area contributed by atoms with Gasteiger partial charge in [-0.15, -0.1) is 0 Å². The van der Waals surface area contributed by atoms with Crippen molar-refractivity contribution >= 4 is 34.6 Å². The quantitative estimate of drug-likeness (QED) is 0.126. The van der Waals surface area contributed by atoms with Gasteiger partial charge in [0.15, 0.2) is 0 Å². The molecule has 2 saturated heterocycles. The van der Waals surface area contributed by atoms with Crippen LogP contribution in [0.25, 0.3) is 0 Å². The van der Waals surface area contributed by atoms with E-state index in [0.717, 1.165) is 107 Å². The lowest BCUT2D eigenvalue weighted by Gasteiger charge is -2.47. The number of allylic oxidation sites excluding steroid dienone is 1. The fraction of sp³-hybridized carbons (Fsp3) is 0.651. The molecule has 11 heteroatoms. The number of rotatable bonds is 19. The summed E-state index contributed by atoms with van der Waals surface area (Å²) in [5.74, 6) is 2.79. The van der Waals surface area contributed by atoms with E-state index in [1.54, 1.807) is 14.2 Å². The van der Waals surface area contributed by atoms with Crippen LogP contribution in [0.4, 0.5) is 5.69 Å². The third-order valence-corrected chi connectivity index (χ3v) is 14.4. The van der Waals surface area contributed by atoms with Crippen LogP contribution in [0.5, 0.6) is 5.75 Å². The van der Waals surface area contributed by atoms with Gasteiger partial charge in [0.25, 0.3) is 0 Å². The van der Waals surface area contributed by atoms with Crippen LogP contribution in [0.15, 0.2) is 48.6 Å². The van der Waals surface area contributed by atoms with Crippen molar-refractivity contribution in [3.8, 4) is 5.75 Å². The monoisotopic (exact) mass is 782 g/mol. The van der Waals surface area contributed by atoms with Gasteiger partial charge in [-0.05, 0) is 104 Å². The Hall–Kier alpha value is -2.31. The highest BCUT2D eigenvalue weighted by Crippen LogP contribution is 2.44. The minimum atomic E-state index is -1.10. The van der Waals surface area contributed by atoms with Crippen LogP contribution in [-0.4, -0.2) is 118 Å². The van der Waals surface area contributed by atoms with Crippen molar-refractivity contribution in [3.63, 3.8) is 0 Å². The average molecular weight is 784 g/mol. The number of carbonyl (C=O) groups excluding carboxylic acids is 1. The number of aldehydes is 1. The summed E-state index contributed by atoms with van der Waals surface area (Å²) in [7, 11) is 2.39. The first kappa shape index (κ1) is 41.3. The van der Waals surface area contributed by atoms with Gasteiger partial charge >= 0.3 is 0 Å². The van der Waals surface area contributed by atoms with Gasteiger partial charge in [0.2, 0.25) is 0 Å². The molecule has 2 aromatic rings. The smallest absolute Gasteiger partial charge is 0.150 e. The Morgan fingerprint density at radius 2 is 1.91 bits per heavy atom. The summed E-state index contributed by atoms with van der Waals surface area (Å²) in [5, 5.41) is 0.809. The Morgan fingerprint density at radius 3 is 2.57 bits per heavy atom. The Labute approximate surface area is 331 Å². The Bertz CT molecular complexity index is 1570. The normalized spacial score (nSPS) is 24.8. The number of aryl methyl sites for hydroxylation is 1. The number of anilines is 1. The number of hydrogen-bond donors (Lipinski definition) is 1. The van der Waals surface area contributed by atoms with Gasteiger partial charge in [0.05, 0.1) is 47.8 Å². The average Bonchev–Trinajstić information content (AvgIpc) is 3.32. The van der Waals surface area contributed by atoms with Gasteiger partial charge in [0.1, 0.15) is 12.0 Å². The van der Waals surface area contributed by atoms with E-state index in [0.29, 0.717) is 42.6 Å². The molecule has 6 rings (SSSR count). The standard InChI is InChI=1S/C43H63ClN4O5S/c1-5-7-33-23-37(44)12-14-39(33)36-26-48(41-22-32(27-49)10-15-42(41)53-28-36)25-35-11-13-40(35)34(24-46-17-19-47(20-18-46)38-29-52-30-38)9-6-8-31(2)43(16-21-51-4)54(50)45-3/h6,9-10,12,14-15,22-23,27,31,34-36,38,40,43,45H,5,7-8,11,13,16-21,24-26,28-30H2,1-4H3/b9-6+. The van der Waals surface area contributed by atoms with Crippen molar-refractivity contribution in [2.24, 2.45) is 23.7 Å². The minimum Gasteiger partial charge on any atom is -0.491 e. The number of piperazine rings is 1. The summed E-state index contributed by atoms with van der Waals surface area (Å²) in [6, 6.07) is 12.8. The summed E-state index contributed by atoms with van der Waals surface area (Å²) in [6.07, 6.45) is 11.9. The molecule has 0 radical (unpaired) electrons. The number of fused-ring (bicyclic) bond motifs is 1. The molecular formula is C43H63ClN4O5S.